The maximum atomic E-state index is 14.6. The summed E-state index contributed by atoms with van der Waals surface area (Å²) in [5.74, 6) is -4.12. The number of carbonyl (C=O) groups is 1. The zero-order chi connectivity index (χ0) is 23.7. The van der Waals surface area contributed by atoms with E-state index in [0.29, 0.717) is 6.07 Å². The molecule has 3 N–H and O–H groups in total. The molecule has 2 heterocycles. The van der Waals surface area contributed by atoms with Crippen molar-refractivity contribution in [1.82, 2.24) is 4.98 Å². The number of nitrogens with two attached hydrogens (primary N) is 1. The van der Waals surface area contributed by atoms with Crippen LogP contribution in [0.25, 0.3) is 0 Å². The van der Waals surface area contributed by atoms with Gasteiger partial charge < -0.3 is 15.8 Å². The standard InChI is InChI=1S/C19H13F6N5O2/c20-8-18(5-14(19(23,24)25)32-17(27)30-18)11-3-10(4-12(21)15(11)22)29-16(31)13-2-1-9(6-26)7-28-13/h1-4,7,14H,5,8H2,(H2,27,30)(H,29,31). The third-order valence-corrected chi connectivity index (χ3v) is 4.61. The Labute approximate surface area is 176 Å². The second kappa shape index (κ2) is 8.37. The van der Waals surface area contributed by atoms with Gasteiger partial charge in [0.25, 0.3) is 11.9 Å². The van der Waals surface area contributed by atoms with Gasteiger partial charge in [0.1, 0.15) is 24.0 Å². The van der Waals surface area contributed by atoms with Gasteiger partial charge in [-0.05, 0) is 18.2 Å². The van der Waals surface area contributed by atoms with Crippen LogP contribution in [0.4, 0.5) is 32.0 Å². The number of aliphatic imine (C=N–C) groups is 1. The highest BCUT2D eigenvalue weighted by Crippen LogP contribution is 2.42. The number of benzene rings is 1. The van der Waals surface area contributed by atoms with Gasteiger partial charge in [0, 0.05) is 29.9 Å². The second-order valence-corrected chi connectivity index (χ2v) is 6.79. The van der Waals surface area contributed by atoms with Crippen molar-refractivity contribution in [2.45, 2.75) is 24.2 Å². The zero-order valence-electron chi connectivity index (χ0n) is 15.9. The molecule has 0 bridgehead atoms. The molecule has 13 heteroatoms. The van der Waals surface area contributed by atoms with Gasteiger partial charge in [0.05, 0.1) is 5.56 Å². The summed E-state index contributed by atoms with van der Waals surface area (Å²) in [7, 11) is 0. The first-order valence-corrected chi connectivity index (χ1v) is 8.81. The Kier molecular flexibility index (Phi) is 5.98. The Morgan fingerprint density at radius 3 is 2.62 bits per heavy atom. The van der Waals surface area contributed by atoms with E-state index in [0.717, 1.165) is 12.3 Å². The highest BCUT2D eigenvalue weighted by atomic mass is 19.4. The fraction of sp³-hybridized carbons (Fsp3) is 0.263. The molecule has 7 nitrogen and oxygen atoms in total. The van der Waals surface area contributed by atoms with Crippen LogP contribution in [0.3, 0.4) is 0 Å². The van der Waals surface area contributed by atoms with Crippen molar-refractivity contribution >= 4 is 17.6 Å². The summed E-state index contributed by atoms with van der Waals surface area (Å²) in [5.41, 5.74) is 1.41. The van der Waals surface area contributed by atoms with Crippen molar-refractivity contribution < 1.29 is 35.9 Å². The average Bonchev–Trinajstić information content (AvgIpc) is 2.75. The Morgan fingerprint density at radius 1 is 1.34 bits per heavy atom. The molecule has 0 radical (unpaired) electrons. The van der Waals surface area contributed by atoms with Crippen molar-refractivity contribution in [2.24, 2.45) is 10.7 Å². The van der Waals surface area contributed by atoms with Crippen LogP contribution < -0.4 is 11.1 Å². The van der Waals surface area contributed by atoms with Crippen LogP contribution in [0.1, 0.15) is 28.0 Å². The molecule has 0 saturated carbocycles. The molecule has 2 unspecified atom stereocenters. The number of rotatable bonds is 4. The van der Waals surface area contributed by atoms with Crippen LogP contribution >= 0.6 is 0 Å². The molecule has 1 aromatic heterocycles. The van der Waals surface area contributed by atoms with Gasteiger partial charge in [-0.3, -0.25) is 4.79 Å². The van der Waals surface area contributed by atoms with Gasteiger partial charge in [-0.15, -0.1) is 0 Å². The SMILES string of the molecule is N#Cc1ccc(C(=O)Nc2cc(F)c(F)c(C3(CF)CC(C(F)(F)F)OC(N)=N3)c2)nc1. The number of halogens is 6. The topological polar surface area (TPSA) is 113 Å². The lowest BCUT2D eigenvalue weighted by molar-refractivity contribution is -0.209. The first-order valence-electron chi connectivity index (χ1n) is 8.81. The van der Waals surface area contributed by atoms with E-state index in [4.69, 9.17) is 11.0 Å². The van der Waals surface area contributed by atoms with E-state index in [9.17, 15) is 31.1 Å². The number of pyridine rings is 1. The first-order chi connectivity index (χ1) is 15.0. The smallest absolute Gasteiger partial charge is 0.425 e. The summed E-state index contributed by atoms with van der Waals surface area (Å²) < 4.78 is 86.7. The van der Waals surface area contributed by atoms with Gasteiger partial charge in [0.2, 0.25) is 0 Å². The maximum absolute atomic E-state index is 14.6. The molecule has 32 heavy (non-hydrogen) atoms. The molecule has 2 aromatic rings. The van der Waals surface area contributed by atoms with Crippen molar-refractivity contribution in [2.75, 3.05) is 12.0 Å². The molecule has 3 rings (SSSR count). The largest absolute Gasteiger partial charge is 0.452 e. The van der Waals surface area contributed by atoms with Crippen LogP contribution in [-0.2, 0) is 10.3 Å². The maximum Gasteiger partial charge on any atom is 0.425 e. The minimum atomic E-state index is -4.98. The summed E-state index contributed by atoms with van der Waals surface area (Å²) in [5, 5.41) is 10.9. The van der Waals surface area contributed by atoms with Crippen molar-refractivity contribution in [3.63, 3.8) is 0 Å². The van der Waals surface area contributed by atoms with Crippen LogP contribution in [0.2, 0.25) is 0 Å². The number of nitrogens with zero attached hydrogens (tertiary/aromatic N) is 3. The molecule has 2 atom stereocenters. The Hall–Kier alpha value is -3.82. The van der Waals surface area contributed by atoms with Gasteiger partial charge in [-0.1, -0.05) is 0 Å². The Balaban J connectivity index is 2.01. The molecule has 0 aliphatic carbocycles. The molecular weight excluding hydrogens is 444 g/mol. The van der Waals surface area contributed by atoms with Crippen LogP contribution in [0.5, 0.6) is 0 Å². The molecule has 0 saturated heterocycles. The molecule has 1 aromatic carbocycles. The lowest BCUT2D eigenvalue weighted by Gasteiger charge is -2.36. The third kappa shape index (κ3) is 4.43. The molecular formula is C19H13F6N5O2. The highest BCUT2D eigenvalue weighted by Gasteiger charge is 2.52. The predicted molar refractivity (Wildman–Crippen MR) is 98.1 cm³/mol. The molecule has 0 fully saturated rings. The number of aromatic nitrogens is 1. The van der Waals surface area contributed by atoms with E-state index >= 15 is 0 Å². The van der Waals surface area contributed by atoms with E-state index in [2.05, 4.69) is 20.0 Å². The lowest BCUT2D eigenvalue weighted by Crippen LogP contribution is -2.48. The van der Waals surface area contributed by atoms with E-state index in [1.54, 1.807) is 6.07 Å². The van der Waals surface area contributed by atoms with Crippen LogP contribution in [0.15, 0.2) is 35.5 Å². The number of hydrogen-bond acceptors (Lipinski definition) is 6. The number of anilines is 1. The van der Waals surface area contributed by atoms with E-state index in [1.165, 1.54) is 12.1 Å². The molecule has 1 aliphatic rings. The minimum Gasteiger partial charge on any atom is -0.452 e. The van der Waals surface area contributed by atoms with Gasteiger partial charge in [-0.25, -0.2) is 23.1 Å². The summed E-state index contributed by atoms with van der Waals surface area (Å²) in [6.07, 6.45) is -7.71. The van der Waals surface area contributed by atoms with Crippen LogP contribution in [0, 0.1) is 23.0 Å². The molecule has 1 amide bonds. The summed E-state index contributed by atoms with van der Waals surface area (Å²) in [6.45, 7) is -1.66. The monoisotopic (exact) mass is 457 g/mol. The van der Waals surface area contributed by atoms with Crippen LogP contribution in [-0.4, -0.2) is 35.9 Å². The number of carbonyl (C=O) groups excluding carboxylic acids is 1. The second-order valence-electron chi connectivity index (χ2n) is 6.79. The normalized spacial score (nSPS) is 20.7. The van der Waals surface area contributed by atoms with Gasteiger partial charge in [-0.2, -0.15) is 18.4 Å². The predicted octanol–water partition coefficient (Wildman–Crippen LogP) is 3.31. The van der Waals surface area contributed by atoms with E-state index < -0.39 is 65.7 Å². The summed E-state index contributed by atoms with van der Waals surface area (Å²) in [4.78, 5) is 19.6. The van der Waals surface area contributed by atoms with Gasteiger partial charge in [0.15, 0.2) is 17.7 Å². The number of amides is 1. The van der Waals surface area contributed by atoms with E-state index in [-0.39, 0.29) is 11.3 Å². The molecule has 0 spiro atoms. The highest BCUT2D eigenvalue weighted by molar-refractivity contribution is 6.02. The molecule has 1 aliphatic heterocycles. The lowest BCUT2D eigenvalue weighted by atomic mass is 9.84. The number of amidine groups is 1. The number of nitrogens with one attached hydrogen (secondary N) is 1. The van der Waals surface area contributed by atoms with Gasteiger partial charge >= 0.3 is 6.18 Å². The van der Waals surface area contributed by atoms with E-state index in [1.807, 2.05) is 0 Å². The summed E-state index contributed by atoms with van der Waals surface area (Å²) >= 11 is 0. The fourth-order valence-corrected chi connectivity index (χ4v) is 3.08. The van der Waals surface area contributed by atoms with Crippen molar-refractivity contribution in [3.8, 4) is 6.07 Å². The number of alkyl halides is 4. The average molecular weight is 457 g/mol. The Morgan fingerprint density at radius 2 is 2.06 bits per heavy atom. The number of hydrogen-bond donors (Lipinski definition) is 2. The summed E-state index contributed by atoms with van der Waals surface area (Å²) in [6, 6.07) is 4.54. The molecule has 168 valence electrons. The third-order valence-electron chi connectivity index (χ3n) is 4.61. The van der Waals surface area contributed by atoms with Crippen molar-refractivity contribution in [1.29, 1.82) is 5.26 Å². The zero-order valence-corrected chi connectivity index (χ0v) is 15.9. The fourth-order valence-electron chi connectivity index (χ4n) is 3.08. The quantitative estimate of drug-likeness (QED) is 0.684. The number of nitriles is 1. The van der Waals surface area contributed by atoms with Crippen molar-refractivity contribution in [3.05, 3.63) is 58.9 Å². The minimum absolute atomic E-state index is 0.163. The Bertz CT molecular complexity index is 1110. The first kappa shape index (κ1) is 22.9. The number of ether oxygens (including phenoxy) is 1.